The largest absolute Gasteiger partial charge is 0.399 e. The summed E-state index contributed by atoms with van der Waals surface area (Å²) in [6, 6.07) is 8.17. The van der Waals surface area contributed by atoms with Crippen molar-refractivity contribution < 1.29 is 9.53 Å². The van der Waals surface area contributed by atoms with Gasteiger partial charge in [-0.05, 0) is 43.4 Å². The monoisotopic (exact) mass is 260 g/mol. The minimum absolute atomic E-state index is 0.155. The Hall–Kier alpha value is -1.55. The molecule has 0 spiro atoms. The molecule has 4 heteroatoms. The lowest BCUT2D eigenvalue weighted by Crippen LogP contribution is -2.39. The second-order valence-corrected chi connectivity index (χ2v) is 5.44. The van der Waals surface area contributed by atoms with E-state index in [1.807, 2.05) is 29.2 Å². The van der Waals surface area contributed by atoms with E-state index in [0.717, 1.165) is 36.9 Å². The van der Waals surface area contributed by atoms with Gasteiger partial charge in [-0.3, -0.25) is 4.79 Å². The SMILES string of the molecule is Nc1cccc(CN(C(=O)C2CCCO2)C2CC2)c1. The first kappa shape index (κ1) is 12.5. The number of rotatable bonds is 4. The number of ether oxygens (including phenoxy) is 1. The number of nitrogens with two attached hydrogens (primary N) is 1. The molecule has 0 radical (unpaired) electrons. The fraction of sp³-hybridized carbons (Fsp3) is 0.533. The van der Waals surface area contributed by atoms with E-state index in [1.165, 1.54) is 0 Å². The van der Waals surface area contributed by atoms with Crippen molar-refractivity contribution in [3.63, 3.8) is 0 Å². The Kier molecular flexibility index (Phi) is 3.42. The van der Waals surface area contributed by atoms with Crippen molar-refractivity contribution >= 4 is 11.6 Å². The predicted molar refractivity (Wildman–Crippen MR) is 73.4 cm³/mol. The number of amides is 1. The first-order chi connectivity index (χ1) is 9.24. The van der Waals surface area contributed by atoms with Gasteiger partial charge in [0.05, 0.1) is 0 Å². The summed E-state index contributed by atoms with van der Waals surface area (Å²) in [5, 5.41) is 0. The highest BCUT2D eigenvalue weighted by atomic mass is 16.5. The zero-order valence-electron chi connectivity index (χ0n) is 11.0. The van der Waals surface area contributed by atoms with Gasteiger partial charge in [0.15, 0.2) is 0 Å². The Balaban J connectivity index is 1.72. The number of benzene rings is 1. The molecular weight excluding hydrogens is 240 g/mol. The first-order valence-electron chi connectivity index (χ1n) is 7.00. The second kappa shape index (κ2) is 5.21. The van der Waals surface area contributed by atoms with Crippen LogP contribution in [0.2, 0.25) is 0 Å². The van der Waals surface area contributed by atoms with Gasteiger partial charge in [-0.2, -0.15) is 0 Å². The smallest absolute Gasteiger partial charge is 0.252 e. The maximum atomic E-state index is 12.5. The van der Waals surface area contributed by atoms with Crippen molar-refractivity contribution in [1.29, 1.82) is 0 Å². The van der Waals surface area contributed by atoms with E-state index in [2.05, 4.69) is 0 Å². The van der Waals surface area contributed by atoms with Crippen molar-refractivity contribution in [3.05, 3.63) is 29.8 Å². The number of carbonyl (C=O) groups excluding carboxylic acids is 1. The van der Waals surface area contributed by atoms with E-state index in [4.69, 9.17) is 10.5 Å². The second-order valence-electron chi connectivity index (χ2n) is 5.44. The van der Waals surface area contributed by atoms with Crippen molar-refractivity contribution in [3.8, 4) is 0 Å². The molecule has 1 aliphatic heterocycles. The molecule has 3 rings (SSSR count). The lowest BCUT2D eigenvalue weighted by atomic mass is 10.1. The Morgan fingerprint density at radius 2 is 2.21 bits per heavy atom. The van der Waals surface area contributed by atoms with E-state index in [9.17, 15) is 4.79 Å². The molecule has 1 aromatic carbocycles. The maximum Gasteiger partial charge on any atom is 0.252 e. The molecule has 1 aliphatic carbocycles. The van der Waals surface area contributed by atoms with E-state index in [1.54, 1.807) is 0 Å². The molecule has 19 heavy (non-hydrogen) atoms. The molecule has 0 bridgehead atoms. The standard InChI is InChI=1S/C15H20N2O2/c16-12-4-1-3-11(9-12)10-17(13-6-7-13)15(18)14-5-2-8-19-14/h1,3-4,9,13-14H,2,5-8,10,16H2. The van der Waals surface area contributed by atoms with Crippen molar-refractivity contribution in [1.82, 2.24) is 4.90 Å². The van der Waals surface area contributed by atoms with Gasteiger partial charge < -0.3 is 15.4 Å². The molecule has 2 N–H and O–H groups in total. The summed E-state index contributed by atoms with van der Waals surface area (Å²) in [7, 11) is 0. The van der Waals surface area contributed by atoms with Gasteiger partial charge in [0.25, 0.3) is 5.91 Å². The molecule has 2 aliphatic rings. The van der Waals surface area contributed by atoms with E-state index in [0.29, 0.717) is 19.2 Å². The van der Waals surface area contributed by atoms with E-state index in [-0.39, 0.29) is 12.0 Å². The molecule has 1 saturated carbocycles. The molecule has 4 nitrogen and oxygen atoms in total. The number of hydrogen-bond acceptors (Lipinski definition) is 3. The molecule has 2 fully saturated rings. The first-order valence-corrected chi connectivity index (χ1v) is 7.00. The number of nitrogens with zero attached hydrogens (tertiary/aromatic N) is 1. The van der Waals surface area contributed by atoms with Gasteiger partial charge in [0, 0.05) is 24.9 Å². The molecule has 1 amide bonds. The van der Waals surface area contributed by atoms with Crippen LogP contribution in [0.3, 0.4) is 0 Å². The summed E-state index contributed by atoms with van der Waals surface area (Å²) < 4.78 is 5.52. The van der Waals surface area contributed by atoms with Crippen LogP contribution in [0.15, 0.2) is 24.3 Å². The van der Waals surface area contributed by atoms with Gasteiger partial charge in [-0.1, -0.05) is 12.1 Å². The minimum atomic E-state index is -0.221. The van der Waals surface area contributed by atoms with Crippen LogP contribution in [0, 0.1) is 0 Å². The van der Waals surface area contributed by atoms with Crippen molar-refractivity contribution in [2.45, 2.75) is 44.4 Å². The number of hydrogen-bond donors (Lipinski definition) is 1. The molecule has 1 aromatic rings. The predicted octanol–water partition coefficient (Wildman–Crippen LogP) is 1.94. The van der Waals surface area contributed by atoms with Gasteiger partial charge in [-0.15, -0.1) is 0 Å². The average molecular weight is 260 g/mol. The van der Waals surface area contributed by atoms with Crippen LogP contribution in [0.4, 0.5) is 5.69 Å². The van der Waals surface area contributed by atoms with Gasteiger partial charge in [0.2, 0.25) is 0 Å². The minimum Gasteiger partial charge on any atom is -0.399 e. The Bertz CT molecular complexity index is 465. The Morgan fingerprint density at radius 3 is 2.84 bits per heavy atom. The summed E-state index contributed by atoms with van der Waals surface area (Å²) in [6.45, 7) is 1.36. The molecule has 1 atom stereocenters. The number of nitrogen functional groups attached to an aromatic ring is 1. The summed E-state index contributed by atoms with van der Waals surface area (Å²) in [5.41, 5.74) is 7.64. The van der Waals surface area contributed by atoms with E-state index >= 15 is 0 Å². The lowest BCUT2D eigenvalue weighted by Gasteiger charge is -2.25. The highest BCUT2D eigenvalue weighted by molar-refractivity contribution is 5.81. The van der Waals surface area contributed by atoms with Crippen molar-refractivity contribution in [2.24, 2.45) is 0 Å². The van der Waals surface area contributed by atoms with Crippen LogP contribution in [0.5, 0.6) is 0 Å². The van der Waals surface area contributed by atoms with Crippen LogP contribution >= 0.6 is 0 Å². The molecule has 1 saturated heterocycles. The third-order valence-corrected chi connectivity index (χ3v) is 3.78. The van der Waals surface area contributed by atoms with Gasteiger partial charge >= 0.3 is 0 Å². The summed E-state index contributed by atoms with van der Waals surface area (Å²) in [4.78, 5) is 14.5. The van der Waals surface area contributed by atoms with Gasteiger partial charge in [-0.25, -0.2) is 0 Å². The van der Waals surface area contributed by atoms with Crippen LogP contribution in [-0.2, 0) is 16.1 Å². The normalized spacial score (nSPS) is 22.4. The fourth-order valence-electron chi connectivity index (χ4n) is 2.62. The third kappa shape index (κ3) is 2.89. The third-order valence-electron chi connectivity index (χ3n) is 3.78. The lowest BCUT2D eigenvalue weighted by molar-refractivity contribution is -0.142. The van der Waals surface area contributed by atoms with Crippen LogP contribution in [0.1, 0.15) is 31.2 Å². The Morgan fingerprint density at radius 1 is 1.37 bits per heavy atom. The fourth-order valence-corrected chi connectivity index (χ4v) is 2.62. The molecule has 1 heterocycles. The maximum absolute atomic E-state index is 12.5. The molecule has 0 aromatic heterocycles. The molecular formula is C15H20N2O2. The van der Waals surface area contributed by atoms with Crippen LogP contribution < -0.4 is 5.73 Å². The zero-order chi connectivity index (χ0) is 13.2. The van der Waals surface area contributed by atoms with Crippen LogP contribution in [-0.4, -0.2) is 29.6 Å². The Labute approximate surface area is 113 Å². The zero-order valence-corrected chi connectivity index (χ0v) is 11.0. The highest BCUT2D eigenvalue weighted by Gasteiger charge is 2.37. The summed E-state index contributed by atoms with van der Waals surface area (Å²) in [5.74, 6) is 0.155. The molecule has 1 unspecified atom stereocenters. The average Bonchev–Trinajstić information content (AvgIpc) is 3.09. The van der Waals surface area contributed by atoms with Gasteiger partial charge in [0.1, 0.15) is 6.10 Å². The van der Waals surface area contributed by atoms with E-state index < -0.39 is 0 Å². The number of anilines is 1. The molecule has 102 valence electrons. The van der Waals surface area contributed by atoms with Crippen molar-refractivity contribution in [2.75, 3.05) is 12.3 Å². The summed E-state index contributed by atoms with van der Waals surface area (Å²) in [6.07, 6.45) is 3.86. The summed E-state index contributed by atoms with van der Waals surface area (Å²) >= 11 is 0. The topological polar surface area (TPSA) is 55.6 Å². The quantitative estimate of drug-likeness (QED) is 0.842. The number of carbonyl (C=O) groups is 1. The highest BCUT2D eigenvalue weighted by Crippen LogP contribution is 2.30. The van der Waals surface area contributed by atoms with Crippen LogP contribution in [0.25, 0.3) is 0 Å².